The number of aromatic nitrogens is 4. The second-order valence-corrected chi connectivity index (χ2v) is 7.45. The Balaban J connectivity index is 1.66. The molecule has 0 bridgehead atoms. The zero-order chi connectivity index (χ0) is 21.1. The highest BCUT2D eigenvalue weighted by Gasteiger charge is 2.19. The molecule has 0 saturated carbocycles. The Kier molecular flexibility index (Phi) is 5.48. The largest absolute Gasteiger partial charge is 0.350 e. The quantitative estimate of drug-likeness (QED) is 0.535. The van der Waals surface area contributed by atoms with Crippen LogP contribution in [0.5, 0.6) is 0 Å². The lowest BCUT2D eigenvalue weighted by molar-refractivity contribution is 0.0946. The predicted octanol–water partition coefficient (Wildman–Crippen LogP) is 3.86. The molecule has 0 aliphatic heterocycles. The van der Waals surface area contributed by atoms with Crippen LogP contribution >= 0.6 is 0 Å². The molecule has 0 radical (unpaired) electrons. The van der Waals surface area contributed by atoms with E-state index in [1.165, 1.54) is 0 Å². The van der Waals surface area contributed by atoms with Crippen LogP contribution in [0.25, 0.3) is 17.1 Å². The van der Waals surface area contributed by atoms with Crippen LogP contribution in [0.1, 0.15) is 27.3 Å². The number of hydrogen-bond acceptors (Lipinski definition) is 3. The topological polar surface area (TPSA) is 64.7 Å². The minimum absolute atomic E-state index is 0.153. The van der Waals surface area contributed by atoms with E-state index in [1.807, 2.05) is 68.1 Å². The van der Waals surface area contributed by atoms with Crippen LogP contribution in [0.3, 0.4) is 0 Å². The molecule has 4 aromatic rings. The van der Waals surface area contributed by atoms with Gasteiger partial charge < -0.3 is 9.88 Å². The Labute approximate surface area is 176 Å². The van der Waals surface area contributed by atoms with Crippen LogP contribution in [0, 0.1) is 13.8 Å². The number of aryl methyl sites for hydroxylation is 3. The summed E-state index contributed by atoms with van der Waals surface area (Å²) in [6.07, 6.45) is 4.41. The van der Waals surface area contributed by atoms with Crippen molar-refractivity contribution in [3.05, 3.63) is 89.5 Å². The molecule has 0 unspecified atom stereocenters. The van der Waals surface area contributed by atoms with E-state index in [2.05, 4.69) is 28.5 Å². The number of nitrogens with zero attached hydrogens (tertiary/aromatic N) is 4. The van der Waals surface area contributed by atoms with Gasteiger partial charge in [-0.1, -0.05) is 18.2 Å². The van der Waals surface area contributed by atoms with Gasteiger partial charge in [0.1, 0.15) is 11.4 Å². The van der Waals surface area contributed by atoms with Crippen molar-refractivity contribution in [2.75, 3.05) is 6.54 Å². The molecule has 4 rings (SSSR count). The number of carbonyl (C=O) groups is 1. The van der Waals surface area contributed by atoms with E-state index < -0.39 is 0 Å². The Morgan fingerprint density at radius 2 is 1.93 bits per heavy atom. The van der Waals surface area contributed by atoms with Gasteiger partial charge in [-0.3, -0.25) is 9.78 Å². The first-order chi connectivity index (χ1) is 14.5. The van der Waals surface area contributed by atoms with E-state index in [4.69, 9.17) is 5.10 Å². The summed E-state index contributed by atoms with van der Waals surface area (Å²) in [7, 11) is 1.97. The summed E-state index contributed by atoms with van der Waals surface area (Å²) in [6.45, 7) is 4.58. The maximum absolute atomic E-state index is 13.1. The predicted molar refractivity (Wildman–Crippen MR) is 118 cm³/mol. The average molecular weight is 399 g/mol. The van der Waals surface area contributed by atoms with Gasteiger partial charge in [0.05, 0.1) is 11.4 Å². The van der Waals surface area contributed by atoms with E-state index in [-0.39, 0.29) is 5.91 Å². The highest BCUT2D eigenvalue weighted by atomic mass is 16.2. The Bertz CT molecular complexity index is 1170. The van der Waals surface area contributed by atoms with Gasteiger partial charge in [-0.2, -0.15) is 5.10 Å². The van der Waals surface area contributed by atoms with Crippen molar-refractivity contribution >= 4 is 5.91 Å². The lowest BCUT2D eigenvalue weighted by Gasteiger charge is -2.11. The van der Waals surface area contributed by atoms with Crippen molar-refractivity contribution in [3.63, 3.8) is 0 Å². The Morgan fingerprint density at radius 1 is 1.07 bits per heavy atom. The lowest BCUT2D eigenvalue weighted by atomic mass is 10.1. The van der Waals surface area contributed by atoms with Gasteiger partial charge in [-0.15, -0.1) is 0 Å². The third-order valence-corrected chi connectivity index (χ3v) is 5.13. The minimum Gasteiger partial charge on any atom is -0.350 e. The van der Waals surface area contributed by atoms with Gasteiger partial charge in [0.15, 0.2) is 0 Å². The van der Waals surface area contributed by atoms with Gasteiger partial charge in [0.2, 0.25) is 0 Å². The maximum Gasteiger partial charge on any atom is 0.270 e. The molecule has 1 N–H and O–H groups in total. The van der Waals surface area contributed by atoms with Gasteiger partial charge in [0, 0.05) is 38.1 Å². The molecule has 0 aliphatic carbocycles. The van der Waals surface area contributed by atoms with Crippen molar-refractivity contribution in [3.8, 4) is 17.1 Å². The normalized spacial score (nSPS) is 10.9. The molecule has 3 aromatic heterocycles. The molecule has 3 heterocycles. The first-order valence-corrected chi connectivity index (χ1v) is 10.0. The zero-order valence-electron chi connectivity index (χ0n) is 17.5. The Morgan fingerprint density at radius 3 is 2.67 bits per heavy atom. The van der Waals surface area contributed by atoms with E-state index in [1.54, 1.807) is 10.9 Å². The number of pyridine rings is 1. The summed E-state index contributed by atoms with van der Waals surface area (Å²) in [5, 5.41) is 7.81. The molecule has 152 valence electrons. The second-order valence-electron chi connectivity index (χ2n) is 7.45. The van der Waals surface area contributed by atoms with E-state index in [9.17, 15) is 4.79 Å². The molecule has 1 amide bonds. The average Bonchev–Trinajstić information content (AvgIpc) is 3.36. The fourth-order valence-corrected chi connectivity index (χ4v) is 3.47. The van der Waals surface area contributed by atoms with Crippen molar-refractivity contribution in [1.29, 1.82) is 0 Å². The molecule has 0 fully saturated rings. The first kappa shape index (κ1) is 19.6. The molecule has 0 saturated heterocycles. The molecule has 0 spiro atoms. The van der Waals surface area contributed by atoms with Crippen LogP contribution in [-0.2, 0) is 13.5 Å². The summed E-state index contributed by atoms with van der Waals surface area (Å²) >= 11 is 0. The second kappa shape index (κ2) is 8.37. The summed E-state index contributed by atoms with van der Waals surface area (Å²) in [4.78, 5) is 17.4. The third-order valence-electron chi connectivity index (χ3n) is 5.13. The smallest absolute Gasteiger partial charge is 0.270 e. The molecule has 30 heavy (non-hydrogen) atoms. The fourth-order valence-electron chi connectivity index (χ4n) is 3.47. The van der Waals surface area contributed by atoms with Crippen LogP contribution in [0.2, 0.25) is 0 Å². The number of hydrogen-bond donors (Lipinski definition) is 1. The highest BCUT2D eigenvalue weighted by molar-refractivity contribution is 5.94. The fraction of sp³-hybridized carbons (Fsp3) is 0.208. The number of carbonyl (C=O) groups excluding carboxylic acids is 1. The lowest BCUT2D eigenvalue weighted by Crippen LogP contribution is -2.28. The summed E-state index contributed by atoms with van der Waals surface area (Å²) in [6, 6.07) is 17.8. The molecule has 0 atom stereocenters. The standard InChI is InChI=1S/C24H25N5O/c1-17-9-10-18(2)22(15-17)29-23(16-20(27-29)21-8-6-14-28(21)3)24(30)26-13-11-19-7-4-5-12-25-19/h4-10,12,14-16H,11,13H2,1-3H3,(H,26,30). The molecular formula is C24H25N5O. The van der Waals surface area contributed by atoms with Crippen molar-refractivity contribution in [2.45, 2.75) is 20.3 Å². The third kappa shape index (κ3) is 4.03. The van der Waals surface area contributed by atoms with Gasteiger partial charge in [-0.05, 0) is 61.4 Å². The van der Waals surface area contributed by atoms with Gasteiger partial charge >= 0.3 is 0 Å². The van der Waals surface area contributed by atoms with Crippen LogP contribution in [0.15, 0.2) is 67.0 Å². The molecule has 6 nitrogen and oxygen atoms in total. The van der Waals surface area contributed by atoms with E-state index >= 15 is 0 Å². The molecular weight excluding hydrogens is 374 g/mol. The number of rotatable bonds is 6. The monoisotopic (exact) mass is 399 g/mol. The summed E-state index contributed by atoms with van der Waals surface area (Å²) in [5.41, 5.74) is 6.27. The first-order valence-electron chi connectivity index (χ1n) is 10.0. The maximum atomic E-state index is 13.1. The van der Waals surface area contributed by atoms with Crippen molar-refractivity contribution < 1.29 is 4.79 Å². The Hall–Kier alpha value is -3.67. The van der Waals surface area contributed by atoms with Crippen molar-refractivity contribution in [2.24, 2.45) is 7.05 Å². The molecule has 1 aromatic carbocycles. The number of benzene rings is 1. The summed E-state index contributed by atoms with van der Waals surface area (Å²) < 4.78 is 3.75. The van der Waals surface area contributed by atoms with Gasteiger partial charge in [-0.25, -0.2) is 4.68 Å². The number of amides is 1. The number of nitrogens with one attached hydrogen (secondary N) is 1. The zero-order valence-corrected chi connectivity index (χ0v) is 17.5. The highest BCUT2D eigenvalue weighted by Crippen LogP contribution is 2.24. The van der Waals surface area contributed by atoms with Crippen LogP contribution in [-0.4, -0.2) is 31.8 Å². The van der Waals surface area contributed by atoms with Gasteiger partial charge in [0.25, 0.3) is 5.91 Å². The molecule has 6 heteroatoms. The summed E-state index contributed by atoms with van der Waals surface area (Å²) in [5.74, 6) is -0.153. The van der Waals surface area contributed by atoms with Crippen molar-refractivity contribution in [1.82, 2.24) is 24.6 Å². The molecule has 0 aliphatic rings. The van der Waals surface area contributed by atoms with E-state index in [0.717, 1.165) is 33.9 Å². The van der Waals surface area contributed by atoms with E-state index in [0.29, 0.717) is 18.7 Å². The van der Waals surface area contributed by atoms with Crippen LogP contribution in [0.4, 0.5) is 0 Å². The minimum atomic E-state index is -0.153. The SMILES string of the molecule is Cc1ccc(C)c(-n2nc(-c3cccn3C)cc2C(=O)NCCc2ccccn2)c1. The van der Waals surface area contributed by atoms with Crippen LogP contribution < -0.4 is 5.32 Å².